The lowest BCUT2D eigenvalue weighted by molar-refractivity contribution is -0.234. The lowest BCUT2D eigenvalue weighted by Crippen LogP contribution is -2.65. The number of hydrogen-bond acceptors (Lipinski definition) is 8. The van der Waals surface area contributed by atoms with Crippen molar-refractivity contribution in [3.8, 4) is 0 Å². The first kappa shape index (κ1) is 37.4. The average Bonchev–Trinajstić information content (AvgIpc) is 3.62. The van der Waals surface area contributed by atoms with E-state index in [1.54, 1.807) is 23.0 Å². The minimum Gasteiger partial charge on any atom is -0.458 e. The molecule has 4 saturated carbocycles. The van der Waals surface area contributed by atoms with Gasteiger partial charge < -0.3 is 19.7 Å². The maximum atomic E-state index is 14.3. The Morgan fingerprint density at radius 1 is 1.04 bits per heavy atom. The molecule has 51 heavy (non-hydrogen) atoms. The van der Waals surface area contributed by atoms with Gasteiger partial charge in [-0.1, -0.05) is 56.7 Å². The number of allylic oxidation sites excluding steroid dienone is 2. The summed E-state index contributed by atoms with van der Waals surface area (Å²) in [6.45, 7) is 14.9. The highest BCUT2D eigenvalue weighted by Crippen LogP contribution is 2.74. The molecule has 2 N–H and O–H groups in total. The molecule has 278 valence electrons. The molecule has 2 aromatic rings. The van der Waals surface area contributed by atoms with E-state index in [0.717, 1.165) is 42.4 Å². The second-order valence-electron chi connectivity index (χ2n) is 17.0. The monoisotopic (exact) mass is 705 g/mol. The first-order chi connectivity index (χ1) is 24.1. The predicted molar refractivity (Wildman–Crippen MR) is 190 cm³/mol. The van der Waals surface area contributed by atoms with E-state index in [9.17, 15) is 24.2 Å². The molecule has 0 saturated heterocycles. The van der Waals surface area contributed by atoms with Crippen molar-refractivity contribution >= 4 is 11.9 Å². The molecule has 4 aliphatic rings. The summed E-state index contributed by atoms with van der Waals surface area (Å²) in [6.07, 6.45) is 7.79. The first-order valence-corrected chi connectivity index (χ1v) is 18.8. The van der Waals surface area contributed by atoms with Gasteiger partial charge in [0.2, 0.25) is 0 Å². The smallest absolute Gasteiger partial charge is 0.334 e. The van der Waals surface area contributed by atoms with Gasteiger partial charge >= 0.3 is 11.9 Å². The van der Waals surface area contributed by atoms with Crippen molar-refractivity contribution in [3.63, 3.8) is 0 Å². The summed E-state index contributed by atoms with van der Waals surface area (Å²) >= 11 is 0. The molecule has 0 radical (unpaired) electrons. The Bertz CT molecular complexity index is 1680. The number of halogens is 1. The van der Waals surface area contributed by atoms with Crippen molar-refractivity contribution in [2.45, 2.75) is 131 Å². The summed E-state index contributed by atoms with van der Waals surface area (Å²) in [5.41, 5.74) is 2.99. The molecule has 1 aromatic heterocycles. The Hall–Kier alpha value is -3.37. The highest BCUT2D eigenvalue weighted by Gasteiger charge is 2.70. The number of carbonyl (C=O) groups excluding carboxylic acids is 2. The van der Waals surface area contributed by atoms with E-state index < -0.39 is 24.1 Å². The van der Waals surface area contributed by atoms with Gasteiger partial charge in [0.25, 0.3) is 0 Å². The molecule has 4 fully saturated rings. The topological polar surface area (TPSA) is 124 Å². The Morgan fingerprint density at radius 2 is 1.76 bits per heavy atom. The molecular weight excluding hydrogens is 649 g/mol. The van der Waals surface area contributed by atoms with E-state index in [1.165, 1.54) is 19.1 Å². The third-order valence-electron chi connectivity index (χ3n) is 13.8. The first-order valence-electron chi connectivity index (χ1n) is 18.8. The summed E-state index contributed by atoms with van der Waals surface area (Å²) in [7, 11) is 0. The number of aliphatic hydroxyl groups is 2. The summed E-state index contributed by atoms with van der Waals surface area (Å²) in [6, 6.07) is 6.17. The largest absolute Gasteiger partial charge is 0.458 e. The third kappa shape index (κ3) is 6.83. The standard InChI is InChI=1S/C41H56FN3O6/c1-24(2)9-8-10-30(38(49)50-23-29-22-45(44-43-29)21-27-11-13-28(42)14-12-27)36-32-19-34(48)37-39(5)17-16-33(47)25(3)31(39)15-18-40(37,6)41(32,7)20-35(36)51-26(4)46/h9,11-14,22,25,31-35,37,47-48H,8,10,15-21,23H2,1-7H3/b36-30-/t25-,31-,32-,33+,34+,35-,37-,39-,40-,41-/m0/s1. The van der Waals surface area contributed by atoms with Crippen LogP contribution < -0.4 is 0 Å². The number of hydrogen-bond donors (Lipinski definition) is 2. The fourth-order valence-electron chi connectivity index (χ4n) is 11.3. The summed E-state index contributed by atoms with van der Waals surface area (Å²) in [5, 5.41) is 31.5. The van der Waals surface area contributed by atoms with Crippen LogP contribution in [0.1, 0.15) is 111 Å². The summed E-state index contributed by atoms with van der Waals surface area (Å²) < 4.78 is 27.1. The summed E-state index contributed by atoms with van der Waals surface area (Å²) in [5.74, 6) is -0.878. The molecule has 1 heterocycles. The quantitative estimate of drug-likeness (QED) is 0.161. The maximum absolute atomic E-state index is 14.3. The van der Waals surface area contributed by atoms with Gasteiger partial charge in [-0.3, -0.25) is 4.79 Å². The third-order valence-corrected chi connectivity index (χ3v) is 13.8. The number of nitrogens with zero attached hydrogens (tertiary/aromatic N) is 3. The highest BCUT2D eigenvalue weighted by atomic mass is 19.1. The average molecular weight is 706 g/mol. The van der Waals surface area contributed by atoms with Gasteiger partial charge in [0, 0.05) is 12.5 Å². The van der Waals surface area contributed by atoms with E-state index in [2.05, 4.69) is 44.1 Å². The molecule has 0 aliphatic heterocycles. The number of fused-ring (bicyclic) bond motifs is 5. The SMILES string of the molecule is CC(=O)O[C@H]1C[C@@]2(C)[C@@H](C[C@@H](O)[C@H]3[C@@]4(C)CC[C@@H](O)[C@@H](C)[C@@H]4CC[C@@]32C)/C1=C(\CCC=C(C)C)C(=O)OCc1cn(Cc2ccc(F)cc2)nn1. The molecule has 9 nitrogen and oxygen atoms in total. The van der Waals surface area contributed by atoms with Crippen LogP contribution in [0.15, 0.2) is 53.3 Å². The molecule has 10 atom stereocenters. The molecule has 0 bridgehead atoms. The van der Waals surface area contributed by atoms with Crippen LogP contribution >= 0.6 is 0 Å². The van der Waals surface area contributed by atoms with Gasteiger partial charge in [-0.25, -0.2) is 13.9 Å². The lowest BCUT2D eigenvalue weighted by atomic mass is 9.36. The zero-order valence-corrected chi connectivity index (χ0v) is 31.3. The van der Waals surface area contributed by atoms with Gasteiger partial charge in [-0.2, -0.15) is 0 Å². The maximum Gasteiger partial charge on any atom is 0.334 e. The molecular formula is C41H56FN3O6. The molecule has 0 spiro atoms. The van der Waals surface area contributed by atoms with Crippen molar-refractivity contribution < 1.29 is 33.7 Å². The number of carbonyl (C=O) groups is 2. The van der Waals surface area contributed by atoms with Crippen molar-refractivity contribution in [2.24, 2.45) is 39.9 Å². The van der Waals surface area contributed by atoms with Crippen LogP contribution in [0.25, 0.3) is 0 Å². The van der Waals surface area contributed by atoms with E-state index in [0.29, 0.717) is 49.4 Å². The summed E-state index contributed by atoms with van der Waals surface area (Å²) in [4.78, 5) is 26.9. The predicted octanol–water partition coefficient (Wildman–Crippen LogP) is 7.10. The van der Waals surface area contributed by atoms with Crippen molar-refractivity contribution in [1.29, 1.82) is 0 Å². The van der Waals surface area contributed by atoms with Crippen molar-refractivity contribution in [2.75, 3.05) is 0 Å². The van der Waals surface area contributed by atoms with Gasteiger partial charge in [-0.15, -0.1) is 5.10 Å². The molecule has 6 rings (SSSR count). The number of aliphatic hydroxyl groups excluding tert-OH is 2. The number of rotatable bonds is 9. The van der Waals surface area contributed by atoms with Crippen LogP contribution in [0.4, 0.5) is 4.39 Å². The fraction of sp³-hybridized carbons (Fsp3) is 0.659. The Balaban J connectivity index is 1.33. The minimum absolute atomic E-state index is 0.0101. The van der Waals surface area contributed by atoms with Crippen LogP contribution in [0.3, 0.4) is 0 Å². The lowest BCUT2D eigenvalue weighted by Gasteiger charge is -2.69. The Morgan fingerprint density at radius 3 is 2.45 bits per heavy atom. The van der Waals surface area contributed by atoms with Crippen LogP contribution in [-0.4, -0.2) is 55.5 Å². The zero-order chi connectivity index (χ0) is 36.9. The Labute approximate surface area is 301 Å². The molecule has 0 unspecified atom stereocenters. The van der Waals surface area contributed by atoms with E-state index >= 15 is 0 Å². The van der Waals surface area contributed by atoms with Crippen LogP contribution in [0.2, 0.25) is 0 Å². The molecule has 4 aliphatic carbocycles. The molecule has 10 heteroatoms. The van der Waals surface area contributed by atoms with Crippen LogP contribution in [0, 0.1) is 45.7 Å². The number of benzene rings is 1. The van der Waals surface area contributed by atoms with Crippen LogP contribution in [0.5, 0.6) is 0 Å². The molecule has 1 aromatic carbocycles. The molecule has 0 amide bonds. The van der Waals surface area contributed by atoms with E-state index in [-0.39, 0.29) is 52.5 Å². The normalized spacial score (nSPS) is 36.7. The fourth-order valence-corrected chi connectivity index (χ4v) is 11.3. The second kappa shape index (κ2) is 14.2. The van der Waals surface area contributed by atoms with Gasteiger partial charge in [0.15, 0.2) is 0 Å². The van der Waals surface area contributed by atoms with E-state index in [1.807, 2.05) is 13.8 Å². The van der Waals surface area contributed by atoms with Gasteiger partial charge in [-0.05, 0) is 128 Å². The van der Waals surface area contributed by atoms with Gasteiger partial charge in [0.1, 0.15) is 24.2 Å². The zero-order valence-electron chi connectivity index (χ0n) is 31.3. The van der Waals surface area contributed by atoms with Crippen molar-refractivity contribution in [3.05, 3.63) is 70.3 Å². The van der Waals surface area contributed by atoms with Crippen LogP contribution in [-0.2, 0) is 32.2 Å². The number of esters is 2. The highest BCUT2D eigenvalue weighted by molar-refractivity contribution is 5.90. The van der Waals surface area contributed by atoms with E-state index in [4.69, 9.17) is 9.47 Å². The number of aromatic nitrogens is 3. The van der Waals surface area contributed by atoms with Gasteiger partial charge in [0.05, 0.1) is 24.9 Å². The number of ether oxygens (including phenoxy) is 2. The Kier molecular flexibility index (Phi) is 10.4. The second-order valence-corrected chi connectivity index (χ2v) is 17.0. The van der Waals surface area contributed by atoms with Crippen molar-refractivity contribution in [1.82, 2.24) is 15.0 Å². The minimum atomic E-state index is -0.611.